The minimum atomic E-state index is -1.57. The van der Waals surface area contributed by atoms with Crippen molar-refractivity contribution < 1.29 is 8.98 Å². The van der Waals surface area contributed by atoms with E-state index in [-0.39, 0.29) is 5.97 Å². The zero-order chi connectivity index (χ0) is 10.8. The Balaban J connectivity index is 3.77. The first kappa shape index (κ1) is 14.6. The fraction of sp³-hybridized carbons (Fsp3) is 0.900. The molecular weight excluding hydrogens is 303 g/mol. The van der Waals surface area contributed by atoms with Gasteiger partial charge in [-0.15, -0.1) is 0 Å². The molecule has 0 fully saturated rings. The SMILES string of the molecule is CCC[CH2][SnH]([CH2]CCC)[CH2]C(=O)OS. The molecule has 0 saturated heterocycles. The third-order valence-electron chi connectivity index (χ3n) is 2.49. The van der Waals surface area contributed by atoms with Gasteiger partial charge in [-0.2, -0.15) is 0 Å². The van der Waals surface area contributed by atoms with Gasteiger partial charge < -0.3 is 0 Å². The van der Waals surface area contributed by atoms with E-state index in [4.69, 9.17) is 0 Å². The molecule has 0 N–H and O–H groups in total. The third kappa shape index (κ3) is 7.97. The molecule has 0 saturated carbocycles. The Morgan fingerprint density at radius 2 is 1.71 bits per heavy atom. The average molecular weight is 325 g/mol. The Morgan fingerprint density at radius 1 is 1.21 bits per heavy atom. The van der Waals surface area contributed by atoms with E-state index in [1.807, 2.05) is 0 Å². The fourth-order valence-corrected chi connectivity index (χ4v) is 11.3. The number of rotatable bonds is 8. The molecule has 0 aromatic carbocycles. The summed E-state index contributed by atoms with van der Waals surface area (Å²) in [5, 5.41) is 0. The van der Waals surface area contributed by atoms with Gasteiger partial charge in [0, 0.05) is 0 Å². The number of unbranched alkanes of at least 4 members (excludes halogenated alkanes) is 2. The molecule has 0 atom stereocenters. The van der Waals surface area contributed by atoms with Gasteiger partial charge in [-0.1, -0.05) is 0 Å². The second kappa shape index (κ2) is 10.1. The van der Waals surface area contributed by atoms with Gasteiger partial charge in [0.2, 0.25) is 0 Å². The number of thiol groups is 1. The van der Waals surface area contributed by atoms with Crippen molar-refractivity contribution in [3.63, 3.8) is 0 Å². The first-order chi connectivity index (χ1) is 6.74. The van der Waals surface area contributed by atoms with Crippen LogP contribution in [0.1, 0.15) is 39.5 Å². The maximum absolute atomic E-state index is 11.1. The fourth-order valence-electron chi connectivity index (χ4n) is 1.61. The summed E-state index contributed by atoms with van der Waals surface area (Å²) < 4.78 is 7.89. The van der Waals surface area contributed by atoms with Crippen LogP contribution in [0.2, 0.25) is 13.3 Å². The predicted octanol–water partition coefficient (Wildman–Crippen LogP) is 3.20. The summed E-state index contributed by atoms with van der Waals surface area (Å²) >= 11 is 1.99. The summed E-state index contributed by atoms with van der Waals surface area (Å²) in [4.78, 5) is 11.1. The number of hydrogen-bond donors (Lipinski definition) is 1. The van der Waals surface area contributed by atoms with Gasteiger partial charge in [-0.05, 0) is 0 Å². The van der Waals surface area contributed by atoms with Crippen molar-refractivity contribution in [2.45, 2.75) is 52.8 Å². The molecular formula is C10H22O2SSn. The topological polar surface area (TPSA) is 26.3 Å². The normalized spacial score (nSPS) is 10.6. The Bertz CT molecular complexity index is 145. The maximum atomic E-state index is 11.1. The van der Waals surface area contributed by atoms with Gasteiger partial charge in [0.15, 0.2) is 0 Å². The minimum absolute atomic E-state index is 0.0960. The molecule has 4 heteroatoms. The molecule has 0 heterocycles. The summed E-state index contributed by atoms with van der Waals surface area (Å²) in [7, 11) is 0. The molecule has 0 radical (unpaired) electrons. The number of carbonyl (C=O) groups excluding carboxylic acids is 1. The van der Waals surface area contributed by atoms with Crippen molar-refractivity contribution in [1.29, 1.82) is 0 Å². The van der Waals surface area contributed by atoms with Gasteiger partial charge >= 0.3 is 100 Å². The molecule has 84 valence electrons. The molecule has 0 aliphatic heterocycles. The van der Waals surface area contributed by atoms with E-state index in [1.165, 1.54) is 34.6 Å². The van der Waals surface area contributed by atoms with Crippen molar-refractivity contribution in [3.05, 3.63) is 0 Å². The standard InChI is InChI=1S/2C4H9.C2H3O2S.Sn.H/c2*1-3-4-2;1-2(3)4-5;;/h2*1,3-4H2,2H3;5H,1H2;;. The summed E-state index contributed by atoms with van der Waals surface area (Å²) in [5.74, 6) is -0.0960. The van der Waals surface area contributed by atoms with Crippen LogP contribution in [-0.4, -0.2) is 25.7 Å². The van der Waals surface area contributed by atoms with Crippen LogP contribution in [0, 0.1) is 0 Å². The summed E-state index contributed by atoms with van der Waals surface area (Å²) in [6, 6.07) is 0. The van der Waals surface area contributed by atoms with Crippen molar-refractivity contribution in [2.75, 3.05) is 0 Å². The monoisotopic (exact) mass is 326 g/mol. The molecule has 14 heavy (non-hydrogen) atoms. The molecule has 0 unspecified atom stereocenters. The molecule has 0 rings (SSSR count). The number of carbonyl (C=O) groups is 1. The van der Waals surface area contributed by atoms with E-state index in [1.54, 1.807) is 0 Å². The van der Waals surface area contributed by atoms with Crippen LogP contribution in [0.4, 0.5) is 0 Å². The Morgan fingerprint density at radius 3 is 2.07 bits per heavy atom. The molecule has 0 bridgehead atoms. The van der Waals surface area contributed by atoms with Crippen molar-refractivity contribution in [3.8, 4) is 0 Å². The van der Waals surface area contributed by atoms with E-state index in [0.717, 1.165) is 4.44 Å². The van der Waals surface area contributed by atoms with E-state index < -0.39 is 19.8 Å². The van der Waals surface area contributed by atoms with E-state index in [9.17, 15) is 4.79 Å². The molecule has 0 aromatic rings. The van der Waals surface area contributed by atoms with Crippen LogP contribution in [0.3, 0.4) is 0 Å². The van der Waals surface area contributed by atoms with Gasteiger partial charge in [-0.25, -0.2) is 0 Å². The van der Waals surface area contributed by atoms with E-state index >= 15 is 0 Å². The molecule has 0 aliphatic rings. The first-order valence-electron chi connectivity index (χ1n) is 5.58. The van der Waals surface area contributed by atoms with Gasteiger partial charge in [0.25, 0.3) is 0 Å². The predicted molar refractivity (Wildman–Crippen MR) is 66.5 cm³/mol. The van der Waals surface area contributed by atoms with E-state index in [0.29, 0.717) is 0 Å². The second-order valence-electron chi connectivity index (χ2n) is 3.82. The van der Waals surface area contributed by atoms with Crippen LogP contribution >= 0.6 is 12.9 Å². The number of hydrogen-bond acceptors (Lipinski definition) is 3. The van der Waals surface area contributed by atoms with Crippen molar-refractivity contribution >= 4 is 38.6 Å². The Kier molecular flexibility index (Phi) is 10.6. The molecule has 2 nitrogen and oxygen atoms in total. The van der Waals surface area contributed by atoms with Crippen LogP contribution in [0.5, 0.6) is 0 Å². The summed E-state index contributed by atoms with van der Waals surface area (Å²) in [6.07, 6.45) is 5.08. The first-order valence-corrected chi connectivity index (χ1v) is 12.9. The van der Waals surface area contributed by atoms with Gasteiger partial charge in [-0.3, -0.25) is 0 Å². The quantitative estimate of drug-likeness (QED) is 0.421. The Hall–Kier alpha value is 0.619. The second-order valence-corrected chi connectivity index (χ2v) is 13.4. The van der Waals surface area contributed by atoms with Gasteiger partial charge in [0.1, 0.15) is 0 Å². The van der Waals surface area contributed by atoms with Crippen LogP contribution in [0.25, 0.3) is 0 Å². The zero-order valence-electron chi connectivity index (χ0n) is 9.29. The van der Waals surface area contributed by atoms with Crippen LogP contribution in [0.15, 0.2) is 0 Å². The molecule has 0 amide bonds. The molecule has 0 aromatic heterocycles. The van der Waals surface area contributed by atoms with E-state index in [2.05, 4.69) is 30.9 Å². The summed E-state index contributed by atoms with van der Waals surface area (Å²) in [6.45, 7) is 4.42. The van der Waals surface area contributed by atoms with Crippen molar-refractivity contribution in [1.82, 2.24) is 0 Å². The molecule has 0 aliphatic carbocycles. The van der Waals surface area contributed by atoms with Gasteiger partial charge in [0.05, 0.1) is 0 Å². The van der Waals surface area contributed by atoms with Crippen molar-refractivity contribution in [2.24, 2.45) is 0 Å². The zero-order valence-corrected chi connectivity index (χ0v) is 13.5. The van der Waals surface area contributed by atoms with Crippen LogP contribution < -0.4 is 0 Å². The summed E-state index contributed by atoms with van der Waals surface area (Å²) in [5.41, 5.74) is 0. The van der Waals surface area contributed by atoms with Crippen LogP contribution in [-0.2, 0) is 8.98 Å². The third-order valence-corrected chi connectivity index (χ3v) is 12.3. The average Bonchev–Trinajstić information content (AvgIpc) is 2.21. The molecule has 0 spiro atoms. The Labute approximate surface area is 100 Å².